The summed E-state index contributed by atoms with van der Waals surface area (Å²) in [5.74, 6) is -1.05. The van der Waals surface area contributed by atoms with E-state index in [1.807, 2.05) is 4.90 Å². The zero-order valence-electron chi connectivity index (χ0n) is 24.2. The number of rotatable bonds is 5. The van der Waals surface area contributed by atoms with Crippen molar-refractivity contribution in [2.75, 3.05) is 36.2 Å². The maximum absolute atomic E-state index is 15.5. The molecule has 2 rings (SSSR count). The third-order valence-electron chi connectivity index (χ3n) is 6.18. The predicted octanol–water partition coefficient (Wildman–Crippen LogP) is 6.12. The molecule has 1 saturated heterocycles. The van der Waals surface area contributed by atoms with Crippen LogP contribution < -0.4 is 9.80 Å². The molecule has 210 valence electrons. The Balaban J connectivity index is 2.36. The Morgan fingerprint density at radius 3 is 2.05 bits per heavy atom. The molecule has 1 atom stereocenters. The summed E-state index contributed by atoms with van der Waals surface area (Å²) in [6.45, 7) is 22.5. The molecule has 11 heteroatoms. The number of carbonyl (C=O) groups is 2. The minimum absolute atomic E-state index is 0.0363. The number of halogens is 1. The van der Waals surface area contributed by atoms with Gasteiger partial charge in [-0.15, -0.1) is 0 Å². The zero-order valence-corrected chi connectivity index (χ0v) is 25.2. The van der Waals surface area contributed by atoms with Gasteiger partial charge in [-0.3, -0.25) is 0 Å². The van der Waals surface area contributed by atoms with E-state index in [1.54, 1.807) is 41.5 Å². The van der Waals surface area contributed by atoms with Crippen LogP contribution in [0.4, 0.5) is 25.5 Å². The van der Waals surface area contributed by atoms with Gasteiger partial charge in [0.15, 0.2) is 14.1 Å². The third kappa shape index (κ3) is 8.64. The van der Waals surface area contributed by atoms with E-state index in [9.17, 15) is 9.59 Å². The molecule has 0 saturated carbocycles. The maximum atomic E-state index is 15.5. The Kier molecular flexibility index (Phi) is 9.41. The van der Waals surface area contributed by atoms with E-state index in [-0.39, 0.29) is 22.6 Å². The third-order valence-corrected chi connectivity index (χ3v) is 10.7. The van der Waals surface area contributed by atoms with Crippen LogP contribution in [0.25, 0.3) is 0 Å². The lowest BCUT2D eigenvalue weighted by Crippen LogP contribution is -2.52. The Hall–Kier alpha value is -2.24. The normalized spacial score (nSPS) is 17.4. The van der Waals surface area contributed by atoms with Crippen molar-refractivity contribution in [3.63, 3.8) is 0 Å². The van der Waals surface area contributed by atoms with Gasteiger partial charge in [0.05, 0.1) is 31.5 Å². The summed E-state index contributed by atoms with van der Waals surface area (Å²) in [7, 11) is -2.02. The summed E-state index contributed by atoms with van der Waals surface area (Å²) >= 11 is 0. The Morgan fingerprint density at radius 2 is 1.59 bits per heavy atom. The van der Waals surface area contributed by atoms with Crippen molar-refractivity contribution in [2.24, 2.45) is 0 Å². The van der Waals surface area contributed by atoms with Crippen LogP contribution in [0.3, 0.4) is 0 Å². The van der Waals surface area contributed by atoms with E-state index < -0.39 is 37.7 Å². The van der Waals surface area contributed by atoms with Gasteiger partial charge >= 0.3 is 12.2 Å². The standard InChI is InChI=1S/C26H44FN3O6Si/c1-24(2,3)35-22(31)30(23(32)36-25(4,5)6)20-13-12-19(21(27)28-20)29-14-15-33-16-18(29)17-34-37(10,11)26(7,8)9/h12-13,18H,14-17H2,1-11H3/t18-/m0/s1. The van der Waals surface area contributed by atoms with Crippen molar-refractivity contribution in [3.8, 4) is 0 Å². The number of hydrogen-bond donors (Lipinski definition) is 0. The summed E-state index contributed by atoms with van der Waals surface area (Å²) in [6, 6.07) is 2.70. The largest absolute Gasteiger partial charge is 0.443 e. The van der Waals surface area contributed by atoms with Crippen molar-refractivity contribution in [1.29, 1.82) is 0 Å². The molecular weight excluding hydrogens is 497 g/mol. The fraction of sp³-hybridized carbons (Fsp3) is 0.731. The van der Waals surface area contributed by atoms with Crippen LogP contribution in [0, 0.1) is 5.95 Å². The molecule has 1 aliphatic heterocycles. The van der Waals surface area contributed by atoms with Gasteiger partial charge in [0.2, 0.25) is 5.95 Å². The van der Waals surface area contributed by atoms with E-state index in [0.717, 1.165) is 0 Å². The lowest BCUT2D eigenvalue weighted by Gasteiger charge is -2.41. The fourth-order valence-electron chi connectivity index (χ4n) is 3.26. The highest BCUT2D eigenvalue weighted by Gasteiger charge is 2.39. The fourth-order valence-corrected chi connectivity index (χ4v) is 4.31. The van der Waals surface area contributed by atoms with Crippen LogP contribution in [0.1, 0.15) is 62.3 Å². The highest BCUT2D eigenvalue weighted by atomic mass is 28.4. The quantitative estimate of drug-likeness (QED) is 0.325. The van der Waals surface area contributed by atoms with Crippen LogP contribution in [-0.2, 0) is 18.6 Å². The average molecular weight is 542 g/mol. The van der Waals surface area contributed by atoms with Crippen molar-refractivity contribution in [2.45, 2.75) is 97.7 Å². The van der Waals surface area contributed by atoms with Gasteiger partial charge in [0.1, 0.15) is 11.2 Å². The molecule has 0 bridgehead atoms. The van der Waals surface area contributed by atoms with Gasteiger partial charge in [-0.05, 0) is 71.8 Å². The van der Waals surface area contributed by atoms with E-state index >= 15 is 4.39 Å². The molecule has 0 aliphatic carbocycles. The summed E-state index contributed by atoms with van der Waals surface area (Å²) in [4.78, 5) is 32.3. The number of hydrogen-bond acceptors (Lipinski definition) is 8. The Labute approximate surface area is 221 Å². The maximum Gasteiger partial charge on any atom is 0.425 e. The number of nitrogens with zero attached hydrogens (tertiary/aromatic N) is 3. The number of morpholine rings is 1. The number of pyridine rings is 1. The highest BCUT2D eigenvalue weighted by molar-refractivity contribution is 6.74. The van der Waals surface area contributed by atoms with Crippen LogP contribution in [0.5, 0.6) is 0 Å². The molecule has 0 spiro atoms. The molecular formula is C26H44FN3O6Si. The van der Waals surface area contributed by atoms with E-state index in [1.165, 1.54) is 12.1 Å². The number of ether oxygens (including phenoxy) is 3. The van der Waals surface area contributed by atoms with Crippen LogP contribution in [-0.4, -0.2) is 69.1 Å². The van der Waals surface area contributed by atoms with Crippen molar-refractivity contribution in [3.05, 3.63) is 18.1 Å². The summed E-state index contributed by atoms with van der Waals surface area (Å²) in [5.41, 5.74) is -1.54. The molecule has 0 N–H and O–H groups in total. The zero-order chi connectivity index (χ0) is 28.4. The van der Waals surface area contributed by atoms with Gasteiger partial charge in [0, 0.05) is 6.54 Å². The van der Waals surface area contributed by atoms with Gasteiger partial charge < -0.3 is 23.5 Å². The first-order valence-corrected chi connectivity index (χ1v) is 15.5. The second-order valence-corrected chi connectivity index (χ2v) is 17.6. The molecule has 9 nitrogen and oxygen atoms in total. The molecule has 1 aromatic heterocycles. The summed E-state index contributed by atoms with van der Waals surface area (Å²) < 4.78 is 38.3. The van der Waals surface area contributed by atoms with E-state index in [0.29, 0.717) is 31.3 Å². The SMILES string of the molecule is CC(C)(C)OC(=O)N(C(=O)OC(C)(C)C)c1ccc(N2CCOC[C@H]2CO[Si](C)(C)C(C)(C)C)c(F)n1. The van der Waals surface area contributed by atoms with E-state index in [4.69, 9.17) is 18.6 Å². The molecule has 1 fully saturated rings. The van der Waals surface area contributed by atoms with Crippen molar-refractivity contribution in [1.82, 2.24) is 4.98 Å². The predicted molar refractivity (Wildman–Crippen MR) is 144 cm³/mol. The molecule has 1 aliphatic rings. The van der Waals surface area contributed by atoms with Crippen LogP contribution >= 0.6 is 0 Å². The van der Waals surface area contributed by atoms with Crippen LogP contribution in [0.15, 0.2) is 12.1 Å². The topological polar surface area (TPSA) is 90.4 Å². The van der Waals surface area contributed by atoms with E-state index in [2.05, 4.69) is 38.8 Å². The molecule has 1 aromatic rings. The molecule has 2 amide bonds. The first-order valence-electron chi connectivity index (χ1n) is 12.6. The lowest BCUT2D eigenvalue weighted by molar-refractivity contribution is 0.0429. The lowest BCUT2D eigenvalue weighted by atomic mass is 10.2. The van der Waals surface area contributed by atoms with Gasteiger partial charge in [-0.2, -0.15) is 14.3 Å². The summed E-state index contributed by atoms with van der Waals surface area (Å²) in [5, 5.41) is 0.0363. The monoisotopic (exact) mass is 541 g/mol. The molecule has 0 unspecified atom stereocenters. The molecule has 2 heterocycles. The number of carbonyl (C=O) groups excluding carboxylic acids is 2. The Bertz CT molecular complexity index is 941. The second kappa shape index (κ2) is 11.2. The number of amides is 2. The number of anilines is 2. The first-order chi connectivity index (χ1) is 16.7. The van der Waals surface area contributed by atoms with Crippen molar-refractivity contribution < 1.29 is 32.6 Å². The van der Waals surface area contributed by atoms with Gasteiger partial charge in [0.25, 0.3) is 0 Å². The number of imide groups is 1. The first kappa shape index (κ1) is 31.0. The number of aromatic nitrogens is 1. The Morgan fingerprint density at radius 1 is 1.05 bits per heavy atom. The smallest absolute Gasteiger partial charge is 0.425 e. The van der Waals surface area contributed by atoms with Crippen LogP contribution in [0.2, 0.25) is 18.1 Å². The molecule has 0 aromatic carbocycles. The second-order valence-electron chi connectivity index (χ2n) is 12.8. The molecule has 37 heavy (non-hydrogen) atoms. The van der Waals surface area contributed by atoms with Crippen molar-refractivity contribution >= 4 is 32.0 Å². The minimum Gasteiger partial charge on any atom is -0.443 e. The van der Waals surface area contributed by atoms with Gasteiger partial charge in [-0.1, -0.05) is 20.8 Å². The minimum atomic E-state index is -2.02. The van der Waals surface area contributed by atoms with Gasteiger partial charge in [-0.25, -0.2) is 9.59 Å². The highest BCUT2D eigenvalue weighted by Crippen LogP contribution is 2.37. The summed E-state index contributed by atoms with van der Waals surface area (Å²) in [6.07, 6.45) is -2.01. The average Bonchev–Trinajstić information content (AvgIpc) is 2.69. The molecule has 0 radical (unpaired) electrons.